The molecule has 0 amide bonds. The van der Waals surface area contributed by atoms with Crippen molar-refractivity contribution >= 4 is 23.4 Å². The summed E-state index contributed by atoms with van der Waals surface area (Å²) in [7, 11) is 0. The Labute approximate surface area is 113 Å². The second kappa shape index (κ2) is 8.80. The lowest BCUT2D eigenvalue weighted by molar-refractivity contribution is -0.139. The van der Waals surface area contributed by atoms with Crippen LogP contribution < -0.4 is 5.32 Å². The van der Waals surface area contributed by atoms with Crippen molar-refractivity contribution in [3.63, 3.8) is 0 Å². The van der Waals surface area contributed by atoms with Crippen molar-refractivity contribution in [1.29, 1.82) is 0 Å². The summed E-state index contributed by atoms with van der Waals surface area (Å²) in [6, 6.07) is 3.98. The largest absolute Gasteiger partial charge is 0.465 e. The summed E-state index contributed by atoms with van der Waals surface area (Å²) in [5.41, 5.74) is 2.06. The van der Waals surface area contributed by atoms with E-state index in [-0.39, 0.29) is 5.97 Å². The van der Waals surface area contributed by atoms with Gasteiger partial charge in [-0.25, -0.2) is 0 Å². The minimum atomic E-state index is -0.164. The number of nitrogens with one attached hydrogen (secondary N) is 1. The van der Waals surface area contributed by atoms with Crippen molar-refractivity contribution in [3.8, 4) is 0 Å². The van der Waals surface area contributed by atoms with E-state index >= 15 is 0 Å². The predicted molar refractivity (Wildman–Crippen MR) is 75.8 cm³/mol. The molecule has 0 fully saturated rings. The van der Waals surface area contributed by atoms with Crippen molar-refractivity contribution in [2.75, 3.05) is 24.2 Å². The molecule has 1 aromatic heterocycles. The van der Waals surface area contributed by atoms with E-state index in [4.69, 9.17) is 4.74 Å². The smallest absolute Gasteiger partial charge is 0.315 e. The minimum absolute atomic E-state index is 0.164. The molecule has 1 N–H and O–H groups in total. The minimum Gasteiger partial charge on any atom is -0.465 e. The predicted octanol–water partition coefficient (Wildman–Crippen LogP) is 2.70. The number of anilines is 1. The summed E-state index contributed by atoms with van der Waals surface area (Å²) in [5.74, 6) is 0.936. The van der Waals surface area contributed by atoms with Crippen LogP contribution in [0.25, 0.3) is 0 Å². The molecule has 0 aromatic carbocycles. The molecule has 0 unspecified atom stereocenters. The maximum atomic E-state index is 11.2. The number of aromatic nitrogens is 1. The van der Waals surface area contributed by atoms with Crippen molar-refractivity contribution in [1.82, 2.24) is 4.98 Å². The first-order valence-electron chi connectivity index (χ1n) is 6.18. The zero-order chi connectivity index (χ0) is 13.2. The molecule has 0 aliphatic heterocycles. The van der Waals surface area contributed by atoms with Crippen molar-refractivity contribution in [3.05, 3.63) is 24.0 Å². The maximum Gasteiger partial charge on any atom is 0.315 e. The number of thioether (sulfide) groups is 1. The molecular formula is C13H20N2O2S. The van der Waals surface area contributed by atoms with Crippen molar-refractivity contribution in [2.24, 2.45) is 0 Å². The Morgan fingerprint density at radius 1 is 1.50 bits per heavy atom. The zero-order valence-corrected chi connectivity index (χ0v) is 11.8. The van der Waals surface area contributed by atoms with Gasteiger partial charge < -0.3 is 10.1 Å². The van der Waals surface area contributed by atoms with E-state index in [1.807, 2.05) is 19.1 Å². The van der Waals surface area contributed by atoms with Gasteiger partial charge in [-0.1, -0.05) is 6.92 Å². The first-order valence-corrected chi connectivity index (χ1v) is 7.34. The lowest BCUT2D eigenvalue weighted by Crippen LogP contribution is -2.07. The average Bonchev–Trinajstić information content (AvgIpc) is 2.37. The molecule has 0 saturated carbocycles. The number of hydrogen-bond donors (Lipinski definition) is 1. The van der Waals surface area contributed by atoms with Crippen LogP contribution in [0.4, 0.5) is 5.69 Å². The molecule has 0 atom stereocenters. The molecule has 0 bridgehead atoms. The molecule has 1 aromatic rings. The summed E-state index contributed by atoms with van der Waals surface area (Å²) in [6.07, 6.45) is 2.88. The van der Waals surface area contributed by atoms with Gasteiger partial charge in [-0.05, 0) is 25.5 Å². The van der Waals surface area contributed by atoms with Crippen LogP contribution in [-0.2, 0) is 15.3 Å². The molecule has 1 heterocycles. The Kier molecular flexibility index (Phi) is 7.25. The molecule has 0 spiro atoms. The van der Waals surface area contributed by atoms with Crippen LogP contribution in [0.15, 0.2) is 18.3 Å². The van der Waals surface area contributed by atoms with Gasteiger partial charge in [0.25, 0.3) is 0 Å². The maximum absolute atomic E-state index is 11.2. The molecule has 4 nitrogen and oxygen atoms in total. The van der Waals surface area contributed by atoms with Crippen LogP contribution in [0, 0.1) is 0 Å². The molecule has 5 heteroatoms. The quantitative estimate of drug-likeness (QED) is 0.735. The summed E-state index contributed by atoms with van der Waals surface area (Å²) < 4.78 is 4.86. The van der Waals surface area contributed by atoms with E-state index in [0.717, 1.165) is 30.1 Å². The number of nitrogens with zero attached hydrogens (tertiary/aromatic N) is 1. The fourth-order valence-electron chi connectivity index (χ4n) is 1.38. The number of hydrogen-bond acceptors (Lipinski definition) is 5. The fraction of sp³-hybridized carbons (Fsp3) is 0.538. The highest BCUT2D eigenvalue weighted by Gasteiger charge is 2.03. The third kappa shape index (κ3) is 5.91. The van der Waals surface area contributed by atoms with Gasteiger partial charge >= 0.3 is 5.97 Å². The van der Waals surface area contributed by atoms with Gasteiger partial charge in [0.1, 0.15) is 0 Å². The van der Waals surface area contributed by atoms with Gasteiger partial charge in [0.05, 0.1) is 18.1 Å². The van der Waals surface area contributed by atoms with E-state index < -0.39 is 0 Å². The van der Waals surface area contributed by atoms with Crippen LogP contribution in [0.5, 0.6) is 0 Å². The first-order chi connectivity index (χ1) is 8.76. The molecular weight excluding hydrogens is 248 g/mol. The highest BCUT2D eigenvalue weighted by molar-refractivity contribution is 7.99. The third-order valence-electron chi connectivity index (χ3n) is 2.17. The lowest BCUT2D eigenvalue weighted by Gasteiger charge is -2.06. The standard InChI is InChI=1S/C13H20N2O2S/c1-3-6-14-11-5-7-15-12(8-11)9-18-10-13(16)17-4-2/h5,7-8H,3-4,6,9-10H2,1-2H3,(H,14,15). The molecule has 0 radical (unpaired) electrons. The second-order valence-electron chi connectivity index (χ2n) is 3.76. The first kappa shape index (κ1) is 14.8. The number of carbonyl (C=O) groups excluding carboxylic acids is 1. The van der Waals surface area contributed by atoms with E-state index in [2.05, 4.69) is 17.2 Å². The summed E-state index contributed by atoms with van der Waals surface area (Å²) >= 11 is 1.52. The van der Waals surface area contributed by atoms with Crippen molar-refractivity contribution < 1.29 is 9.53 Å². The number of esters is 1. The normalized spacial score (nSPS) is 10.1. The Morgan fingerprint density at radius 3 is 3.06 bits per heavy atom. The van der Waals surface area contributed by atoms with Crippen LogP contribution in [-0.4, -0.2) is 29.9 Å². The van der Waals surface area contributed by atoms with Gasteiger partial charge in [-0.3, -0.25) is 9.78 Å². The molecule has 0 saturated heterocycles. The lowest BCUT2D eigenvalue weighted by atomic mass is 10.3. The highest BCUT2D eigenvalue weighted by Crippen LogP contribution is 2.14. The second-order valence-corrected chi connectivity index (χ2v) is 4.75. The van der Waals surface area contributed by atoms with E-state index in [1.165, 1.54) is 11.8 Å². The van der Waals surface area contributed by atoms with Gasteiger partial charge in [0.2, 0.25) is 0 Å². The Balaban J connectivity index is 2.35. The number of ether oxygens (including phenoxy) is 1. The number of pyridine rings is 1. The van der Waals surface area contributed by atoms with Crippen LogP contribution in [0.3, 0.4) is 0 Å². The van der Waals surface area contributed by atoms with Crippen LogP contribution in [0.1, 0.15) is 26.0 Å². The Bertz CT molecular complexity index is 372. The molecule has 100 valence electrons. The zero-order valence-electron chi connectivity index (χ0n) is 10.9. The highest BCUT2D eigenvalue weighted by atomic mass is 32.2. The molecule has 0 aliphatic carbocycles. The fourth-order valence-corrected chi connectivity index (χ4v) is 2.10. The van der Waals surface area contributed by atoms with Gasteiger partial charge in [0, 0.05) is 24.2 Å². The third-order valence-corrected chi connectivity index (χ3v) is 3.11. The molecule has 18 heavy (non-hydrogen) atoms. The topological polar surface area (TPSA) is 51.2 Å². The van der Waals surface area contributed by atoms with Gasteiger partial charge in [-0.2, -0.15) is 0 Å². The van der Waals surface area contributed by atoms with E-state index in [0.29, 0.717) is 12.4 Å². The van der Waals surface area contributed by atoms with Gasteiger partial charge in [0.15, 0.2) is 0 Å². The van der Waals surface area contributed by atoms with Crippen LogP contribution >= 0.6 is 11.8 Å². The van der Waals surface area contributed by atoms with Crippen molar-refractivity contribution in [2.45, 2.75) is 26.0 Å². The summed E-state index contributed by atoms with van der Waals surface area (Å²) in [5, 5.41) is 3.31. The van der Waals surface area contributed by atoms with E-state index in [9.17, 15) is 4.79 Å². The monoisotopic (exact) mass is 268 g/mol. The molecule has 1 rings (SSSR count). The Hall–Kier alpha value is -1.23. The summed E-state index contributed by atoms with van der Waals surface area (Å²) in [4.78, 5) is 15.4. The van der Waals surface area contributed by atoms with Gasteiger partial charge in [-0.15, -0.1) is 11.8 Å². The van der Waals surface area contributed by atoms with E-state index in [1.54, 1.807) is 6.20 Å². The number of carbonyl (C=O) groups is 1. The Morgan fingerprint density at radius 2 is 2.33 bits per heavy atom. The SMILES string of the molecule is CCCNc1ccnc(CSCC(=O)OCC)c1. The molecule has 0 aliphatic rings. The average molecular weight is 268 g/mol. The van der Waals surface area contributed by atoms with Crippen LogP contribution in [0.2, 0.25) is 0 Å². The number of rotatable bonds is 8. The summed E-state index contributed by atoms with van der Waals surface area (Å²) in [6.45, 7) is 5.34.